The van der Waals surface area contributed by atoms with Crippen LogP contribution >= 0.6 is 11.6 Å². The van der Waals surface area contributed by atoms with E-state index in [0.717, 1.165) is 0 Å². The molecule has 0 fully saturated rings. The number of aldehydes is 1. The fourth-order valence-electron chi connectivity index (χ4n) is 1.34. The summed E-state index contributed by atoms with van der Waals surface area (Å²) in [5, 5.41) is 0.122. The van der Waals surface area contributed by atoms with Crippen LogP contribution in [0.3, 0.4) is 0 Å². The molecule has 80 valence electrons. The van der Waals surface area contributed by atoms with Crippen molar-refractivity contribution in [2.75, 3.05) is 0 Å². The van der Waals surface area contributed by atoms with Crippen LogP contribution in [0.1, 0.15) is 10.4 Å². The molecule has 0 aliphatic carbocycles. The number of nitrogens with zero attached hydrogens (tertiary/aromatic N) is 1. The molecule has 16 heavy (non-hydrogen) atoms. The number of pyridine rings is 1. The van der Waals surface area contributed by atoms with Crippen molar-refractivity contribution < 1.29 is 9.18 Å². The predicted molar refractivity (Wildman–Crippen MR) is 60.0 cm³/mol. The molecule has 0 aliphatic rings. The quantitative estimate of drug-likeness (QED) is 0.590. The van der Waals surface area contributed by atoms with Crippen molar-refractivity contribution in [2.45, 2.75) is 0 Å². The molecular formula is C12H7ClFNO. The van der Waals surface area contributed by atoms with E-state index < -0.39 is 0 Å². The van der Waals surface area contributed by atoms with Crippen molar-refractivity contribution in [3.05, 3.63) is 52.9 Å². The zero-order chi connectivity index (χ0) is 11.5. The minimum atomic E-state index is -0.338. The second-order valence-corrected chi connectivity index (χ2v) is 3.56. The van der Waals surface area contributed by atoms with Crippen molar-refractivity contribution in [1.29, 1.82) is 0 Å². The third-order valence-corrected chi connectivity index (χ3v) is 2.43. The lowest BCUT2D eigenvalue weighted by atomic mass is 10.1. The molecule has 2 nitrogen and oxygen atoms in total. The lowest BCUT2D eigenvalue weighted by Crippen LogP contribution is -1.90. The Balaban J connectivity index is 2.49. The zero-order valence-electron chi connectivity index (χ0n) is 8.15. The maximum Gasteiger partial charge on any atom is 0.153 e. The highest BCUT2D eigenvalue weighted by atomic mass is 35.5. The van der Waals surface area contributed by atoms with E-state index in [9.17, 15) is 9.18 Å². The molecule has 1 aromatic heterocycles. The Bertz CT molecular complexity index is 542. The summed E-state index contributed by atoms with van der Waals surface area (Å²) < 4.78 is 13.0. The summed E-state index contributed by atoms with van der Waals surface area (Å²) >= 11 is 5.78. The lowest BCUT2D eigenvalue weighted by molar-refractivity contribution is 0.112. The second kappa shape index (κ2) is 4.41. The van der Waals surface area contributed by atoms with Crippen LogP contribution in [0.15, 0.2) is 36.4 Å². The summed E-state index contributed by atoms with van der Waals surface area (Å²) in [7, 11) is 0. The van der Waals surface area contributed by atoms with E-state index >= 15 is 0 Å². The Morgan fingerprint density at radius 2 is 2.06 bits per heavy atom. The topological polar surface area (TPSA) is 30.0 Å². The van der Waals surface area contributed by atoms with Gasteiger partial charge in [0, 0.05) is 5.56 Å². The molecule has 0 atom stereocenters. The van der Waals surface area contributed by atoms with Gasteiger partial charge in [-0.25, -0.2) is 9.37 Å². The van der Waals surface area contributed by atoms with Gasteiger partial charge < -0.3 is 0 Å². The van der Waals surface area contributed by atoms with Gasteiger partial charge in [-0.2, -0.15) is 0 Å². The first-order valence-electron chi connectivity index (χ1n) is 4.58. The fraction of sp³-hybridized carbons (Fsp3) is 0. The molecule has 0 amide bonds. The number of halogens is 2. The largest absolute Gasteiger partial charge is 0.298 e. The first-order valence-corrected chi connectivity index (χ1v) is 4.96. The Kier molecular flexibility index (Phi) is 2.97. The van der Waals surface area contributed by atoms with Crippen LogP contribution in [-0.2, 0) is 0 Å². The standard InChI is InChI=1S/C12H7ClFNO/c13-12-9(7-16)4-5-11(15-12)8-2-1-3-10(14)6-8/h1-7H. The first kappa shape index (κ1) is 10.8. The summed E-state index contributed by atoms with van der Waals surface area (Å²) in [6, 6.07) is 9.22. The van der Waals surface area contributed by atoms with Crippen molar-refractivity contribution in [3.8, 4) is 11.3 Å². The average molecular weight is 236 g/mol. The minimum absolute atomic E-state index is 0.122. The monoisotopic (exact) mass is 235 g/mol. The summed E-state index contributed by atoms with van der Waals surface area (Å²) in [6.07, 6.45) is 0.630. The van der Waals surface area contributed by atoms with E-state index in [0.29, 0.717) is 23.1 Å². The SMILES string of the molecule is O=Cc1ccc(-c2cccc(F)c2)nc1Cl. The number of rotatable bonds is 2. The van der Waals surface area contributed by atoms with Crippen molar-refractivity contribution in [2.24, 2.45) is 0 Å². The lowest BCUT2D eigenvalue weighted by Gasteiger charge is -2.02. The second-order valence-electron chi connectivity index (χ2n) is 3.20. The van der Waals surface area contributed by atoms with Crippen LogP contribution in [0.2, 0.25) is 5.15 Å². The summed E-state index contributed by atoms with van der Waals surface area (Å²) in [4.78, 5) is 14.6. The summed E-state index contributed by atoms with van der Waals surface area (Å²) in [5.74, 6) is -0.338. The fourth-order valence-corrected chi connectivity index (χ4v) is 1.54. The number of hydrogen-bond acceptors (Lipinski definition) is 2. The molecule has 0 saturated carbocycles. The van der Waals surface area contributed by atoms with Crippen LogP contribution in [0, 0.1) is 5.82 Å². The average Bonchev–Trinajstić information content (AvgIpc) is 2.29. The number of benzene rings is 1. The summed E-state index contributed by atoms with van der Waals surface area (Å²) in [6.45, 7) is 0. The smallest absolute Gasteiger partial charge is 0.153 e. The van der Waals surface area contributed by atoms with Crippen molar-refractivity contribution in [1.82, 2.24) is 4.98 Å². The Labute approximate surface area is 96.7 Å². The Morgan fingerprint density at radius 1 is 1.25 bits per heavy atom. The maximum absolute atomic E-state index is 13.0. The Hall–Kier alpha value is -1.74. The molecule has 2 rings (SSSR count). The zero-order valence-corrected chi connectivity index (χ0v) is 8.91. The molecule has 2 aromatic rings. The molecule has 0 N–H and O–H groups in total. The van der Waals surface area contributed by atoms with Crippen LogP contribution in [-0.4, -0.2) is 11.3 Å². The van der Waals surface area contributed by atoms with Gasteiger partial charge in [-0.05, 0) is 24.3 Å². The third-order valence-electron chi connectivity index (χ3n) is 2.12. The number of hydrogen-bond donors (Lipinski definition) is 0. The Morgan fingerprint density at radius 3 is 2.69 bits per heavy atom. The molecule has 0 spiro atoms. The van der Waals surface area contributed by atoms with Crippen molar-refractivity contribution in [3.63, 3.8) is 0 Å². The van der Waals surface area contributed by atoms with Gasteiger partial charge in [-0.3, -0.25) is 4.79 Å². The van der Waals surface area contributed by atoms with E-state index in [1.807, 2.05) is 0 Å². The summed E-state index contributed by atoms with van der Waals surface area (Å²) in [5.41, 5.74) is 1.48. The van der Waals surface area contributed by atoms with Gasteiger partial charge in [0.05, 0.1) is 11.3 Å². The molecule has 4 heteroatoms. The van der Waals surface area contributed by atoms with E-state index in [2.05, 4.69) is 4.98 Å². The van der Waals surface area contributed by atoms with Crippen LogP contribution in [0.5, 0.6) is 0 Å². The van der Waals surface area contributed by atoms with E-state index in [4.69, 9.17) is 11.6 Å². The van der Waals surface area contributed by atoms with Gasteiger partial charge in [0.15, 0.2) is 6.29 Å². The van der Waals surface area contributed by atoms with E-state index in [1.54, 1.807) is 24.3 Å². The highest BCUT2D eigenvalue weighted by molar-refractivity contribution is 6.31. The predicted octanol–water partition coefficient (Wildman–Crippen LogP) is 3.35. The molecule has 1 heterocycles. The molecule has 1 aromatic carbocycles. The molecule has 0 unspecified atom stereocenters. The molecule has 0 radical (unpaired) electrons. The molecule has 0 bridgehead atoms. The number of aromatic nitrogens is 1. The maximum atomic E-state index is 13.0. The van der Waals surface area contributed by atoms with Crippen molar-refractivity contribution >= 4 is 17.9 Å². The highest BCUT2D eigenvalue weighted by Crippen LogP contribution is 2.21. The van der Waals surface area contributed by atoms with Gasteiger partial charge >= 0.3 is 0 Å². The minimum Gasteiger partial charge on any atom is -0.298 e. The number of carbonyl (C=O) groups excluding carboxylic acids is 1. The van der Waals surface area contributed by atoms with Gasteiger partial charge in [0.1, 0.15) is 11.0 Å². The third kappa shape index (κ3) is 2.09. The number of carbonyl (C=O) groups is 1. The molecule has 0 saturated heterocycles. The van der Waals surface area contributed by atoms with E-state index in [-0.39, 0.29) is 11.0 Å². The molecule has 0 aliphatic heterocycles. The van der Waals surface area contributed by atoms with Gasteiger partial charge in [0.25, 0.3) is 0 Å². The van der Waals surface area contributed by atoms with Gasteiger partial charge in [-0.15, -0.1) is 0 Å². The highest BCUT2D eigenvalue weighted by Gasteiger charge is 2.05. The van der Waals surface area contributed by atoms with E-state index in [1.165, 1.54) is 12.1 Å². The first-order chi connectivity index (χ1) is 7.70. The normalized spacial score (nSPS) is 10.1. The van der Waals surface area contributed by atoms with Gasteiger partial charge in [-0.1, -0.05) is 23.7 Å². The van der Waals surface area contributed by atoms with Crippen LogP contribution < -0.4 is 0 Å². The van der Waals surface area contributed by atoms with Crippen LogP contribution in [0.4, 0.5) is 4.39 Å². The van der Waals surface area contributed by atoms with Gasteiger partial charge in [0.2, 0.25) is 0 Å². The molecular weight excluding hydrogens is 229 g/mol. The van der Waals surface area contributed by atoms with Crippen LogP contribution in [0.25, 0.3) is 11.3 Å².